The summed E-state index contributed by atoms with van der Waals surface area (Å²) < 4.78 is 9.82. The molecule has 1 aliphatic rings. The second kappa shape index (κ2) is 5.81. The molecule has 0 spiro atoms. The average molecular weight is 230 g/mol. The number of hydrogen-bond acceptors (Lipinski definition) is 5. The van der Waals surface area contributed by atoms with Gasteiger partial charge in [0, 0.05) is 13.2 Å². The molecule has 0 radical (unpaired) electrons. The van der Waals surface area contributed by atoms with Gasteiger partial charge in [-0.15, -0.1) is 0 Å². The zero-order chi connectivity index (χ0) is 12.0. The number of amides is 1. The van der Waals surface area contributed by atoms with E-state index in [0.717, 1.165) is 0 Å². The Hall–Kier alpha value is -1.14. The average Bonchev–Trinajstić information content (AvgIpc) is 2.27. The maximum atomic E-state index is 11.7. The predicted octanol–water partition coefficient (Wildman–Crippen LogP) is -0.826. The van der Waals surface area contributed by atoms with E-state index in [4.69, 9.17) is 15.2 Å². The standard InChI is InChI=1S/C10H18N2O4/c1-2-16-8(13)7-12-9(14)10(11)3-5-15-6-4-10/h2-7,11H2,1H3,(H,12,14). The summed E-state index contributed by atoms with van der Waals surface area (Å²) in [6, 6.07) is 0. The molecular formula is C10H18N2O4. The van der Waals surface area contributed by atoms with Gasteiger partial charge in [0.2, 0.25) is 5.91 Å². The smallest absolute Gasteiger partial charge is 0.325 e. The van der Waals surface area contributed by atoms with Crippen molar-refractivity contribution in [3.8, 4) is 0 Å². The first-order chi connectivity index (χ1) is 7.58. The second-order valence-electron chi connectivity index (χ2n) is 3.76. The van der Waals surface area contributed by atoms with Crippen molar-refractivity contribution in [2.24, 2.45) is 5.73 Å². The van der Waals surface area contributed by atoms with Crippen molar-refractivity contribution < 1.29 is 19.1 Å². The lowest BCUT2D eigenvalue weighted by atomic mass is 9.90. The Morgan fingerprint density at radius 2 is 2.06 bits per heavy atom. The Kier molecular flexibility index (Phi) is 4.70. The molecule has 1 fully saturated rings. The third-order valence-electron chi connectivity index (χ3n) is 2.54. The quantitative estimate of drug-likeness (QED) is 0.615. The fraction of sp³-hybridized carbons (Fsp3) is 0.800. The zero-order valence-corrected chi connectivity index (χ0v) is 9.45. The lowest BCUT2D eigenvalue weighted by Crippen LogP contribution is -2.57. The first-order valence-corrected chi connectivity index (χ1v) is 5.39. The van der Waals surface area contributed by atoms with Crippen molar-refractivity contribution in [3.63, 3.8) is 0 Å². The van der Waals surface area contributed by atoms with Crippen molar-refractivity contribution >= 4 is 11.9 Å². The molecule has 6 nitrogen and oxygen atoms in total. The number of carbonyl (C=O) groups is 2. The van der Waals surface area contributed by atoms with Gasteiger partial charge in [-0.05, 0) is 19.8 Å². The molecule has 0 aromatic rings. The minimum atomic E-state index is -0.912. The van der Waals surface area contributed by atoms with E-state index in [1.165, 1.54) is 0 Å². The molecular weight excluding hydrogens is 212 g/mol. The van der Waals surface area contributed by atoms with Gasteiger partial charge in [-0.2, -0.15) is 0 Å². The second-order valence-corrected chi connectivity index (χ2v) is 3.76. The lowest BCUT2D eigenvalue weighted by molar-refractivity contribution is -0.144. The first kappa shape index (κ1) is 12.9. The van der Waals surface area contributed by atoms with E-state index < -0.39 is 11.5 Å². The molecule has 1 aliphatic heterocycles. The van der Waals surface area contributed by atoms with Crippen LogP contribution in [0.5, 0.6) is 0 Å². The highest BCUT2D eigenvalue weighted by Crippen LogP contribution is 2.17. The molecule has 0 atom stereocenters. The van der Waals surface area contributed by atoms with Crippen molar-refractivity contribution in [1.29, 1.82) is 0 Å². The van der Waals surface area contributed by atoms with E-state index in [0.29, 0.717) is 32.7 Å². The van der Waals surface area contributed by atoms with Crippen LogP contribution >= 0.6 is 0 Å². The lowest BCUT2D eigenvalue weighted by Gasteiger charge is -2.31. The SMILES string of the molecule is CCOC(=O)CNC(=O)C1(N)CCOCC1. The van der Waals surface area contributed by atoms with Crippen LogP contribution in [0.4, 0.5) is 0 Å². The van der Waals surface area contributed by atoms with Gasteiger partial charge >= 0.3 is 5.97 Å². The van der Waals surface area contributed by atoms with Crippen molar-refractivity contribution in [1.82, 2.24) is 5.32 Å². The van der Waals surface area contributed by atoms with Crippen LogP contribution in [0.25, 0.3) is 0 Å². The molecule has 0 aromatic carbocycles. The van der Waals surface area contributed by atoms with Gasteiger partial charge in [0.1, 0.15) is 6.54 Å². The molecule has 92 valence electrons. The largest absolute Gasteiger partial charge is 0.465 e. The van der Waals surface area contributed by atoms with E-state index in [2.05, 4.69) is 5.32 Å². The summed E-state index contributed by atoms with van der Waals surface area (Å²) in [6.45, 7) is 2.83. The molecule has 0 bridgehead atoms. The fourth-order valence-electron chi connectivity index (χ4n) is 1.50. The first-order valence-electron chi connectivity index (χ1n) is 5.39. The highest BCUT2D eigenvalue weighted by molar-refractivity contribution is 5.89. The highest BCUT2D eigenvalue weighted by Gasteiger charge is 2.35. The molecule has 1 rings (SSSR count). The summed E-state index contributed by atoms with van der Waals surface area (Å²) in [5.74, 6) is -0.768. The van der Waals surface area contributed by atoms with Gasteiger partial charge in [-0.3, -0.25) is 9.59 Å². The Morgan fingerprint density at radius 1 is 1.44 bits per heavy atom. The van der Waals surface area contributed by atoms with Crippen LogP contribution in [0.2, 0.25) is 0 Å². The number of carbonyl (C=O) groups excluding carboxylic acids is 2. The van der Waals surface area contributed by atoms with Crippen molar-refractivity contribution in [2.45, 2.75) is 25.3 Å². The van der Waals surface area contributed by atoms with Crippen LogP contribution in [0.1, 0.15) is 19.8 Å². The van der Waals surface area contributed by atoms with E-state index in [1.54, 1.807) is 6.92 Å². The molecule has 3 N–H and O–H groups in total. The monoisotopic (exact) mass is 230 g/mol. The number of esters is 1. The molecule has 0 aliphatic carbocycles. The normalized spacial score (nSPS) is 18.9. The minimum absolute atomic E-state index is 0.132. The van der Waals surface area contributed by atoms with E-state index in [9.17, 15) is 9.59 Å². The van der Waals surface area contributed by atoms with Crippen molar-refractivity contribution in [3.05, 3.63) is 0 Å². The maximum Gasteiger partial charge on any atom is 0.325 e. The summed E-state index contributed by atoms with van der Waals surface area (Å²) in [5, 5.41) is 2.48. The minimum Gasteiger partial charge on any atom is -0.465 e. The molecule has 6 heteroatoms. The third-order valence-corrected chi connectivity index (χ3v) is 2.54. The Balaban J connectivity index is 2.36. The number of rotatable bonds is 4. The number of nitrogens with one attached hydrogen (secondary N) is 1. The molecule has 16 heavy (non-hydrogen) atoms. The zero-order valence-electron chi connectivity index (χ0n) is 9.45. The third kappa shape index (κ3) is 3.46. The van der Waals surface area contributed by atoms with E-state index in [-0.39, 0.29) is 12.5 Å². The van der Waals surface area contributed by atoms with Gasteiger partial charge in [0.05, 0.1) is 12.1 Å². The van der Waals surface area contributed by atoms with Crippen molar-refractivity contribution in [2.75, 3.05) is 26.4 Å². The number of ether oxygens (including phenoxy) is 2. The summed E-state index contributed by atoms with van der Waals surface area (Å²) in [7, 11) is 0. The molecule has 1 heterocycles. The van der Waals surface area contributed by atoms with Gasteiger partial charge in [0.25, 0.3) is 0 Å². The van der Waals surface area contributed by atoms with Crippen LogP contribution in [-0.2, 0) is 19.1 Å². The number of nitrogens with two attached hydrogens (primary N) is 1. The van der Waals surface area contributed by atoms with Gasteiger partial charge in [0.15, 0.2) is 0 Å². The molecule has 1 saturated heterocycles. The summed E-state index contributed by atoms with van der Waals surface area (Å²) in [5.41, 5.74) is 5.01. The maximum absolute atomic E-state index is 11.7. The van der Waals surface area contributed by atoms with Crippen LogP contribution in [-0.4, -0.2) is 43.8 Å². The van der Waals surface area contributed by atoms with Crippen LogP contribution < -0.4 is 11.1 Å². The topological polar surface area (TPSA) is 90.7 Å². The van der Waals surface area contributed by atoms with Gasteiger partial charge in [-0.1, -0.05) is 0 Å². The van der Waals surface area contributed by atoms with Gasteiger partial charge < -0.3 is 20.5 Å². The molecule has 0 saturated carbocycles. The molecule has 1 amide bonds. The summed E-state index contributed by atoms with van der Waals surface area (Å²) >= 11 is 0. The van der Waals surface area contributed by atoms with Gasteiger partial charge in [-0.25, -0.2) is 0 Å². The molecule has 0 unspecified atom stereocenters. The predicted molar refractivity (Wildman–Crippen MR) is 56.6 cm³/mol. The Labute approximate surface area is 94.5 Å². The van der Waals surface area contributed by atoms with Crippen LogP contribution in [0.15, 0.2) is 0 Å². The fourth-order valence-corrected chi connectivity index (χ4v) is 1.50. The van der Waals surface area contributed by atoms with Crippen LogP contribution in [0, 0.1) is 0 Å². The Morgan fingerprint density at radius 3 is 2.62 bits per heavy atom. The van der Waals surface area contributed by atoms with E-state index >= 15 is 0 Å². The summed E-state index contributed by atoms with van der Waals surface area (Å²) in [6.07, 6.45) is 0.948. The summed E-state index contributed by atoms with van der Waals surface area (Å²) in [4.78, 5) is 22.8. The Bertz CT molecular complexity index is 262. The van der Waals surface area contributed by atoms with Crippen LogP contribution in [0.3, 0.4) is 0 Å². The highest BCUT2D eigenvalue weighted by atomic mass is 16.5. The van der Waals surface area contributed by atoms with E-state index in [1.807, 2.05) is 0 Å². The number of hydrogen-bond donors (Lipinski definition) is 2. The molecule has 0 aromatic heterocycles.